The first-order valence-electron chi connectivity index (χ1n) is 8.76. The van der Waals surface area contributed by atoms with Gasteiger partial charge >= 0.3 is 12.0 Å². The van der Waals surface area contributed by atoms with E-state index in [0.717, 1.165) is 0 Å². The molecule has 9 nitrogen and oxygen atoms in total. The Kier molecular flexibility index (Phi) is 6.78. The maximum atomic E-state index is 12.3. The van der Waals surface area contributed by atoms with Gasteiger partial charge in [-0.05, 0) is 24.3 Å². The van der Waals surface area contributed by atoms with Crippen molar-refractivity contribution < 1.29 is 19.4 Å². The summed E-state index contributed by atoms with van der Waals surface area (Å²) in [7, 11) is 1.32. The van der Waals surface area contributed by atoms with Crippen LogP contribution in [0.15, 0.2) is 30.5 Å². The second kappa shape index (κ2) is 9.04. The number of ether oxygens (including phenoxy) is 1. The van der Waals surface area contributed by atoms with Gasteiger partial charge < -0.3 is 20.5 Å². The Bertz CT molecular complexity index is 788. The van der Waals surface area contributed by atoms with Crippen molar-refractivity contribution in [1.29, 1.82) is 0 Å². The van der Waals surface area contributed by atoms with Gasteiger partial charge in [0.1, 0.15) is 0 Å². The van der Waals surface area contributed by atoms with E-state index in [0.29, 0.717) is 35.8 Å². The molecule has 1 aliphatic rings. The molecular formula is C18H25N5O4. The smallest absolute Gasteiger partial charge is 0.337 e. The van der Waals surface area contributed by atoms with E-state index < -0.39 is 5.97 Å². The third-order valence-electron chi connectivity index (χ3n) is 4.00. The van der Waals surface area contributed by atoms with Gasteiger partial charge in [-0.2, -0.15) is 0 Å². The summed E-state index contributed by atoms with van der Waals surface area (Å²) in [6.45, 7) is 5.17. The lowest BCUT2D eigenvalue weighted by Gasteiger charge is -2.16. The molecule has 9 heteroatoms. The monoisotopic (exact) mass is 375 g/mol. The topological polar surface area (TPSA) is 114 Å². The van der Waals surface area contributed by atoms with E-state index in [1.165, 1.54) is 12.0 Å². The number of aromatic nitrogens is 2. The molecule has 0 radical (unpaired) electrons. The van der Waals surface area contributed by atoms with E-state index in [1.807, 2.05) is 13.8 Å². The highest BCUT2D eigenvalue weighted by Gasteiger charge is 2.32. The van der Waals surface area contributed by atoms with Crippen molar-refractivity contribution >= 4 is 23.5 Å². The fourth-order valence-electron chi connectivity index (χ4n) is 2.70. The first kappa shape index (κ1) is 20.2. The predicted molar refractivity (Wildman–Crippen MR) is 102 cm³/mol. The van der Waals surface area contributed by atoms with Crippen LogP contribution in [0.3, 0.4) is 0 Å². The van der Waals surface area contributed by atoms with E-state index in [2.05, 4.69) is 9.84 Å². The molecule has 1 aliphatic heterocycles. The van der Waals surface area contributed by atoms with Gasteiger partial charge in [-0.25, -0.2) is 14.3 Å². The highest BCUT2D eigenvalue weighted by Crippen LogP contribution is 2.26. The number of nitrogen functional groups attached to an aromatic ring is 1. The number of carbonyl (C=O) groups is 2. The van der Waals surface area contributed by atoms with Gasteiger partial charge in [-0.3, -0.25) is 4.90 Å². The second-order valence-electron chi connectivity index (χ2n) is 5.54. The minimum absolute atomic E-state index is 0.0873. The fraction of sp³-hybridized carbons (Fsp3) is 0.389. The van der Waals surface area contributed by atoms with Gasteiger partial charge in [0.25, 0.3) is 0 Å². The van der Waals surface area contributed by atoms with E-state index in [9.17, 15) is 9.59 Å². The number of esters is 1. The number of aliphatic hydroxyl groups excluding tert-OH is 1. The summed E-state index contributed by atoms with van der Waals surface area (Å²) in [5, 5.41) is 13.4. The number of anilines is 2. The Morgan fingerprint density at radius 2 is 1.93 bits per heavy atom. The zero-order valence-electron chi connectivity index (χ0n) is 15.8. The van der Waals surface area contributed by atoms with Crippen molar-refractivity contribution in [2.45, 2.75) is 13.8 Å². The molecule has 0 bridgehead atoms. The summed E-state index contributed by atoms with van der Waals surface area (Å²) in [5.74, 6) is -0.0404. The average Bonchev–Trinajstić information content (AvgIpc) is 3.26. The average molecular weight is 375 g/mol. The van der Waals surface area contributed by atoms with Crippen LogP contribution in [0, 0.1) is 0 Å². The molecule has 2 amide bonds. The lowest BCUT2D eigenvalue weighted by molar-refractivity contribution is 0.0600. The number of hydrogen-bond donors (Lipinski definition) is 2. The molecule has 27 heavy (non-hydrogen) atoms. The molecule has 0 spiro atoms. The van der Waals surface area contributed by atoms with Crippen LogP contribution in [-0.2, 0) is 4.74 Å². The Balaban J connectivity index is 0.00000126. The van der Waals surface area contributed by atoms with Crippen LogP contribution in [0.1, 0.15) is 24.2 Å². The van der Waals surface area contributed by atoms with Gasteiger partial charge in [-0.15, -0.1) is 5.10 Å². The van der Waals surface area contributed by atoms with Gasteiger partial charge in [-0.1, -0.05) is 13.8 Å². The number of benzene rings is 1. The third-order valence-corrected chi connectivity index (χ3v) is 4.00. The second-order valence-corrected chi connectivity index (χ2v) is 5.54. The van der Waals surface area contributed by atoms with Crippen molar-refractivity contribution in [3.63, 3.8) is 0 Å². The summed E-state index contributed by atoms with van der Waals surface area (Å²) >= 11 is 0. The molecule has 1 aromatic carbocycles. The molecular weight excluding hydrogens is 350 g/mol. The first-order valence-corrected chi connectivity index (χ1v) is 8.76. The molecule has 0 atom stereocenters. The van der Waals surface area contributed by atoms with Gasteiger partial charge in [0.15, 0.2) is 5.82 Å². The van der Waals surface area contributed by atoms with Crippen LogP contribution in [0.5, 0.6) is 0 Å². The summed E-state index contributed by atoms with van der Waals surface area (Å²) in [4.78, 5) is 26.8. The quantitative estimate of drug-likeness (QED) is 0.766. The number of carbonyl (C=O) groups excluding carboxylic acids is 2. The fourth-order valence-corrected chi connectivity index (χ4v) is 2.70. The number of nitrogens with zero attached hydrogens (tertiary/aromatic N) is 4. The third kappa shape index (κ3) is 4.20. The lowest BCUT2D eigenvalue weighted by Crippen LogP contribution is -2.34. The normalized spacial score (nSPS) is 13.4. The summed E-state index contributed by atoms with van der Waals surface area (Å²) in [6.07, 6.45) is 1.62. The van der Waals surface area contributed by atoms with Gasteiger partial charge in [0.2, 0.25) is 0 Å². The molecule has 3 rings (SSSR count). The number of hydrogen-bond acceptors (Lipinski definition) is 6. The van der Waals surface area contributed by atoms with Gasteiger partial charge in [0.05, 0.1) is 36.9 Å². The lowest BCUT2D eigenvalue weighted by atomic mass is 10.2. The number of β-amino-alcohol motifs (C(OH)–C–C–N with tert-alkyl or cyclic N) is 1. The van der Waals surface area contributed by atoms with Crippen molar-refractivity contribution in [3.05, 3.63) is 36.0 Å². The molecule has 2 aromatic rings. The van der Waals surface area contributed by atoms with Crippen LogP contribution < -0.4 is 10.6 Å². The van der Waals surface area contributed by atoms with Gasteiger partial charge in [0, 0.05) is 19.6 Å². The number of methoxy groups -OCH3 is 1. The zero-order valence-corrected chi connectivity index (χ0v) is 15.8. The minimum atomic E-state index is -0.418. The Morgan fingerprint density at radius 1 is 1.26 bits per heavy atom. The highest BCUT2D eigenvalue weighted by molar-refractivity contribution is 5.95. The van der Waals surface area contributed by atoms with Crippen molar-refractivity contribution in [3.8, 4) is 5.69 Å². The molecule has 1 fully saturated rings. The van der Waals surface area contributed by atoms with E-state index >= 15 is 0 Å². The number of nitrogens with two attached hydrogens (primary N) is 1. The SMILES string of the molecule is CC.COC(=O)c1ccc(-n2cc(N)c(N3CCN(CCO)C3=O)n2)cc1. The highest BCUT2D eigenvalue weighted by atomic mass is 16.5. The molecule has 1 aromatic heterocycles. The van der Waals surface area contributed by atoms with Crippen molar-refractivity contribution in [1.82, 2.24) is 14.7 Å². The van der Waals surface area contributed by atoms with Crippen LogP contribution in [0.2, 0.25) is 0 Å². The molecule has 1 saturated heterocycles. The Hall–Kier alpha value is -3.07. The van der Waals surface area contributed by atoms with Crippen LogP contribution in [-0.4, -0.2) is 65.1 Å². The summed E-state index contributed by atoms with van der Waals surface area (Å²) < 4.78 is 6.22. The molecule has 0 unspecified atom stereocenters. The maximum absolute atomic E-state index is 12.3. The van der Waals surface area contributed by atoms with Crippen LogP contribution in [0.4, 0.5) is 16.3 Å². The van der Waals surface area contributed by atoms with E-state index in [-0.39, 0.29) is 19.2 Å². The van der Waals surface area contributed by atoms with Crippen molar-refractivity contribution in [2.24, 2.45) is 0 Å². The first-order chi connectivity index (χ1) is 13.0. The maximum Gasteiger partial charge on any atom is 0.337 e. The standard InChI is InChI=1S/C16H19N5O4.C2H6/c1-25-15(23)11-2-4-12(5-3-11)21-10-13(17)14(18-21)20-7-6-19(8-9-22)16(20)24;1-2/h2-5,10,22H,6-9,17H2,1H3;1-2H3. The zero-order chi connectivity index (χ0) is 20.0. The number of amides is 2. The molecule has 0 aliphatic carbocycles. The number of rotatable bonds is 5. The molecule has 0 saturated carbocycles. The van der Waals surface area contributed by atoms with Crippen LogP contribution in [0.25, 0.3) is 5.69 Å². The molecule has 2 heterocycles. The van der Waals surface area contributed by atoms with E-state index in [1.54, 1.807) is 40.0 Å². The summed E-state index contributed by atoms with van der Waals surface area (Å²) in [6, 6.07) is 6.46. The number of aliphatic hydroxyl groups is 1. The largest absolute Gasteiger partial charge is 0.465 e. The van der Waals surface area contributed by atoms with Crippen LogP contribution >= 0.6 is 0 Å². The Labute approximate surface area is 157 Å². The summed E-state index contributed by atoms with van der Waals surface area (Å²) in [5.41, 5.74) is 7.52. The van der Waals surface area contributed by atoms with E-state index in [4.69, 9.17) is 10.8 Å². The molecule has 3 N–H and O–H groups in total. The van der Waals surface area contributed by atoms with Crippen molar-refractivity contribution in [2.75, 3.05) is 44.0 Å². The Morgan fingerprint density at radius 3 is 2.52 bits per heavy atom. The number of urea groups is 1. The predicted octanol–water partition coefficient (Wildman–Crippen LogP) is 1.50. The minimum Gasteiger partial charge on any atom is -0.465 e. The molecule has 146 valence electrons.